The molecule has 0 radical (unpaired) electrons. The van der Waals surface area contributed by atoms with Crippen molar-refractivity contribution in [2.75, 3.05) is 0 Å². The fraction of sp³-hybridized carbons (Fsp3) is 0.308. The Morgan fingerprint density at radius 2 is 2.19 bits per heavy atom. The van der Waals surface area contributed by atoms with Gasteiger partial charge in [0.05, 0.1) is 0 Å². The molecular formula is C13H16N2O. The molecule has 3 heteroatoms. The molecule has 0 amide bonds. The van der Waals surface area contributed by atoms with Crippen molar-refractivity contribution in [2.24, 2.45) is 0 Å². The van der Waals surface area contributed by atoms with Gasteiger partial charge in [-0.3, -0.25) is 0 Å². The number of aryl methyl sites for hydroxylation is 2. The fourth-order valence-corrected chi connectivity index (χ4v) is 1.82. The van der Waals surface area contributed by atoms with E-state index >= 15 is 0 Å². The Morgan fingerprint density at radius 1 is 1.38 bits per heavy atom. The minimum Gasteiger partial charge on any atom is -0.508 e. The highest BCUT2D eigenvalue weighted by atomic mass is 16.3. The number of hydrogen-bond acceptors (Lipinski definition) is 2. The van der Waals surface area contributed by atoms with E-state index in [1.165, 1.54) is 0 Å². The highest BCUT2D eigenvalue weighted by Crippen LogP contribution is 2.20. The summed E-state index contributed by atoms with van der Waals surface area (Å²) in [5.74, 6) is 1.33. The molecule has 1 N–H and O–H groups in total. The topological polar surface area (TPSA) is 38.0 Å². The van der Waals surface area contributed by atoms with E-state index in [2.05, 4.69) is 16.5 Å². The minimum absolute atomic E-state index is 0.344. The molecule has 16 heavy (non-hydrogen) atoms. The van der Waals surface area contributed by atoms with Gasteiger partial charge in [0, 0.05) is 30.9 Å². The van der Waals surface area contributed by atoms with Crippen LogP contribution in [0.4, 0.5) is 0 Å². The monoisotopic (exact) mass is 216 g/mol. The van der Waals surface area contributed by atoms with Gasteiger partial charge >= 0.3 is 0 Å². The van der Waals surface area contributed by atoms with Crippen molar-refractivity contribution in [3.8, 4) is 5.75 Å². The summed E-state index contributed by atoms with van der Waals surface area (Å²) in [5, 5.41) is 9.76. The molecule has 2 aromatic rings. The molecule has 0 spiro atoms. The van der Waals surface area contributed by atoms with Crippen LogP contribution in [0.3, 0.4) is 0 Å². The molecule has 0 aliphatic rings. The van der Waals surface area contributed by atoms with Crippen molar-refractivity contribution in [2.45, 2.75) is 26.8 Å². The standard InChI is InChI=1S/C13H16N2O/c1-3-15-7-6-14-13(15)9-11-8-10(2)4-5-12(11)16/h4-8,16H,3,9H2,1-2H3. The number of nitrogens with zero attached hydrogens (tertiary/aromatic N) is 2. The zero-order chi connectivity index (χ0) is 11.5. The molecule has 0 saturated heterocycles. The van der Waals surface area contributed by atoms with Gasteiger partial charge in [-0.2, -0.15) is 0 Å². The quantitative estimate of drug-likeness (QED) is 0.856. The Labute approximate surface area is 95.4 Å². The highest BCUT2D eigenvalue weighted by molar-refractivity contribution is 5.37. The molecule has 3 nitrogen and oxygen atoms in total. The van der Waals surface area contributed by atoms with E-state index in [9.17, 15) is 5.11 Å². The Balaban J connectivity index is 2.30. The normalized spacial score (nSPS) is 10.6. The first-order chi connectivity index (χ1) is 7.70. The van der Waals surface area contributed by atoms with Gasteiger partial charge in [-0.1, -0.05) is 17.7 Å². The van der Waals surface area contributed by atoms with E-state index in [-0.39, 0.29) is 0 Å². The Hall–Kier alpha value is -1.77. The second kappa shape index (κ2) is 4.39. The van der Waals surface area contributed by atoms with Crippen molar-refractivity contribution >= 4 is 0 Å². The lowest BCUT2D eigenvalue weighted by Gasteiger charge is -2.07. The van der Waals surface area contributed by atoms with Crippen molar-refractivity contribution in [1.29, 1.82) is 0 Å². The van der Waals surface area contributed by atoms with Gasteiger partial charge in [-0.05, 0) is 19.9 Å². The van der Waals surface area contributed by atoms with Crippen LogP contribution in [0, 0.1) is 6.92 Å². The minimum atomic E-state index is 0.344. The van der Waals surface area contributed by atoms with E-state index in [4.69, 9.17) is 0 Å². The average molecular weight is 216 g/mol. The van der Waals surface area contributed by atoms with E-state index in [0.717, 1.165) is 23.5 Å². The summed E-state index contributed by atoms with van der Waals surface area (Å²) in [5.41, 5.74) is 2.09. The Kier molecular flexibility index (Phi) is 2.95. The largest absolute Gasteiger partial charge is 0.508 e. The second-order valence-corrected chi connectivity index (χ2v) is 3.94. The lowest BCUT2D eigenvalue weighted by Crippen LogP contribution is -2.02. The molecule has 0 bridgehead atoms. The lowest BCUT2D eigenvalue weighted by atomic mass is 10.1. The van der Waals surface area contributed by atoms with Gasteiger partial charge in [0.1, 0.15) is 11.6 Å². The average Bonchev–Trinajstić information content (AvgIpc) is 2.71. The zero-order valence-electron chi connectivity index (χ0n) is 9.64. The maximum absolute atomic E-state index is 9.76. The highest BCUT2D eigenvalue weighted by Gasteiger charge is 2.06. The lowest BCUT2D eigenvalue weighted by molar-refractivity contribution is 0.468. The van der Waals surface area contributed by atoms with Crippen LogP contribution in [0.2, 0.25) is 0 Å². The Bertz CT molecular complexity index is 488. The molecular weight excluding hydrogens is 200 g/mol. The van der Waals surface area contributed by atoms with Crippen LogP contribution >= 0.6 is 0 Å². The summed E-state index contributed by atoms with van der Waals surface area (Å²) in [4.78, 5) is 4.30. The SMILES string of the molecule is CCn1ccnc1Cc1cc(C)ccc1O. The second-order valence-electron chi connectivity index (χ2n) is 3.94. The molecule has 0 aliphatic heterocycles. The first-order valence-electron chi connectivity index (χ1n) is 5.49. The van der Waals surface area contributed by atoms with E-state index < -0.39 is 0 Å². The van der Waals surface area contributed by atoms with Crippen molar-refractivity contribution in [3.63, 3.8) is 0 Å². The number of rotatable bonds is 3. The van der Waals surface area contributed by atoms with Gasteiger partial charge in [0.2, 0.25) is 0 Å². The van der Waals surface area contributed by atoms with Crippen LogP contribution in [0.1, 0.15) is 23.9 Å². The molecule has 1 heterocycles. The molecule has 1 aromatic heterocycles. The van der Waals surface area contributed by atoms with Gasteiger partial charge in [-0.15, -0.1) is 0 Å². The van der Waals surface area contributed by atoms with Crippen molar-refractivity contribution in [1.82, 2.24) is 9.55 Å². The molecule has 0 fully saturated rings. The number of phenols is 1. The predicted octanol–water partition coefficient (Wildman–Crippen LogP) is 2.51. The molecule has 2 rings (SSSR count). The fourth-order valence-electron chi connectivity index (χ4n) is 1.82. The molecule has 0 aliphatic carbocycles. The van der Waals surface area contributed by atoms with E-state index in [0.29, 0.717) is 12.2 Å². The van der Waals surface area contributed by atoms with E-state index in [1.807, 2.05) is 25.3 Å². The first-order valence-corrected chi connectivity index (χ1v) is 5.49. The maximum atomic E-state index is 9.76. The predicted molar refractivity (Wildman–Crippen MR) is 63.6 cm³/mol. The number of phenolic OH excluding ortho intramolecular Hbond substituents is 1. The summed E-state index contributed by atoms with van der Waals surface area (Å²) in [6.45, 7) is 5.01. The number of aromatic nitrogens is 2. The first kappa shape index (κ1) is 10.7. The number of imidazole rings is 1. The van der Waals surface area contributed by atoms with Crippen LogP contribution in [-0.4, -0.2) is 14.7 Å². The van der Waals surface area contributed by atoms with Crippen molar-refractivity contribution < 1.29 is 5.11 Å². The number of benzene rings is 1. The zero-order valence-corrected chi connectivity index (χ0v) is 9.64. The van der Waals surface area contributed by atoms with Gasteiger partial charge in [0.25, 0.3) is 0 Å². The van der Waals surface area contributed by atoms with Gasteiger partial charge in [-0.25, -0.2) is 4.98 Å². The number of aromatic hydroxyl groups is 1. The van der Waals surface area contributed by atoms with Gasteiger partial charge in [0.15, 0.2) is 0 Å². The Morgan fingerprint density at radius 3 is 2.94 bits per heavy atom. The molecule has 84 valence electrons. The van der Waals surface area contributed by atoms with E-state index in [1.54, 1.807) is 12.3 Å². The maximum Gasteiger partial charge on any atom is 0.119 e. The summed E-state index contributed by atoms with van der Waals surface area (Å²) < 4.78 is 2.09. The molecule has 0 atom stereocenters. The third-order valence-electron chi connectivity index (χ3n) is 2.73. The third kappa shape index (κ3) is 2.08. The van der Waals surface area contributed by atoms with Crippen LogP contribution < -0.4 is 0 Å². The molecule has 1 aromatic carbocycles. The third-order valence-corrected chi connectivity index (χ3v) is 2.73. The summed E-state index contributed by atoms with van der Waals surface area (Å²) >= 11 is 0. The molecule has 0 saturated carbocycles. The van der Waals surface area contributed by atoms with Crippen LogP contribution in [-0.2, 0) is 13.0 Å². The van der Waals surface area contributed by atoms with Crippen LogP contribution in [0.15, 0.2) is 30.6 Å². The summed E-state index contributed by atoms with van der Waals surface area (Å²) in [7, 11) is 0. The molecule has 0 unspecified atom stereocenters. The summed E-state index contributed by atoms with van der Waals surface area (Å²) in [6, 6.07) is 5.65. The van der Waals surface area contributed by atoms with Crippen LogP contribution in [0.25, 0.3) is 0 Å². The van der Waals surface area contributed by atoms with Crippen molar-refractivity contribution in [3.05, 3.63) is 47.5 Å². The number of hydrogen-bond donors (Lipinski definition) is 1. The van der Waals surface area contributed by atoms with Gasteiger partial charge < -0.3 is 9.67 Å². The van der Waals surface area contributed by atoms with Crippen LogP contribution in [0.5, 0.6) is 5.75 Å². The smallest absolute Gasteiger partial charge is 0.119 e. The summed E-state index contributed by atoms with van der Waals surface area (Å²) in [6.07, 6.45) is 4.43.